The van der Waals surface area contributed by atoms with Gasteiger partial charge in [-0.3, -0.25) is 0 Å². The second-order valence-corrected chi connectivity index (χ2v) is 4.98. The molecule has 0 spiro atoms. The van der Waals surface area contributed by atoms with Crippen LogP contribution in [0, 0.1) is 0 Å². The number of nitrogens with zero attached hydrogens (tertiary/aromatic N) is 3. The SMILES string of the molecule is CC(Nc1nnc2ccccc2n1)c1cccs1. The molecule has 0 aliphatic heterocycles. The fourth-order valence-corrected chi connectivity index (χ4v) is 2.48. The largest absolute Gasteiger partial charge is 0.346 e. The Hall–Kier alpha value is -2.01. The van der Waals surface area contributed by atoms with Crippen molar-refractivity contribution in [1.82, 2.24) is 15.2 Å². The van der Waals surface area contributed by atoms with Crippen LogP contribution >= 0.6 is 11.3 Å². The summed E-state index contributed by atoms with van der Waals surface area (Å²) in [7, 11) is 0. The highest BCUT2D eigenvalue weighted by molar-refractivity contribution is 7.10. The van der Waals surface area contributed by atoms with Crippen LogP contribution in [0.1, 0.15) is 17.8 Å². The first-order valence-corrected chi connectivity index (χ1v) is 6.60. The van der Waals surface area contributed by atoms with E-state index in [0.29, 0.717) is 5.95 Å². The second kappa shape index (κ2) is 4.70. The van der Waals surface area contributed by atoms with Gasteiger partial charge in [0.05, 0.1) is 11.6 Å². The Morgan fingerprint density at radius 2 is 1.89 bits per heavy atom. The zero-order chi connectivity index (χ0) is 12.4. The van der Waals surface area contributed by atoms with E-state index in [4.69, 9.17) is 0 Å². The number of rotatable bonds is 3. The third-order valence-electron chi connectivity index (χ3n) is 2.68. The summed E-state index contributed by atoms with van der Waals surface area (Å²) >= 11 is 1.72. The van der Waals surface area contributed by atoms with E-state index in [9.17, 15) is 0 Å². The number of hydrogen-bond acceptors (Lipinski definition) is 5. The van der Waals surface area contributed by atoms with Crippen molar-refractivity contribution >= 4 is 28.3 Å². The fraction of sp³-hybridized carbons (Fsp3) is 0.154. The van der Waals surface area contributed by atoms with Crippen molar-refractivity contribution in [1.29, 1.82) is 0 Å². The van der Waals surface area contributed by atoms with Gasteiger partial charge in [-0.2, -0.15) is 0 Å². The average molecular weight is 256 g/mol. The van der Waals surface area contributed by atoms with Gasteiger partial charge in [0.25, 0.3) is 0 Å². The van der Waals surface area contributed by atoms with Crippen LogP contribution in [0.4, 0.5) is 5.95 Å². The quantitative estimate of drug-likeness (QED) is 0.781. The summed E-state index contributed by atoms with van der Waals surface area (Å²) in [5.41, 5.74) is 1.67. The van der Waals surface area contributed by atoms with Crippen molar-refractivity contribution in [2.75, 3.05) is 5.32 Å². The molecular weight excluding hydrogens is 244 g/mol. The van der Waals surface area contributed by atoms with Crippen molar-refractivity contribution in [3.8, 4) is 0 Å². The number of para-hydroxylation sites is 1. The first-order chi connectivity index (χ1) is 8.83. The molecule has 1 unspecified atom stereocenters. The number of aromatic nitrogens is 3. The van der Waals surface area contributed by atoms with Crippen LogP contribution in [0.5, 0.6) is 0 Å². The molecule has 2 heterocycles. The molecule has 90 valence electrons. The van der Waals surface area contributed by atoms with Gasteiger partial charge in [0.15, 0.2) is 0 Å². The van der Waals surface area contributed by atoms with E-state index in [1.54, 1.807) is 11.3 Å². The predicted molar refractivity (Wildman–Crippen MR) is 73.7 cm³/mol. The first-order valence-electron chi connectivity index (χ1n) is 5.72. The Kier molecular flexibility index (Phi) is 2.90. The zero-order valence-corrected chi connectivity index (χ0v) is 10.7. The van der Waals surface area contributed by atoms with Gasteiger partial charge in [-0.15, -0.1) is 21.5 Å². The smallest absolute Gasteiger partial charge is 0.243 e. The Labute approximate surface area is 109 Å². The summed E-state index contributed by atoms with van der Waals surface area (Å²) < 4.78 is 0. The Morgan fingerprint density at radius 3 is 2.67 bits per heavy atom. The maximum absolute atomic E-state index is 4.44. The van der Waals surface area contributed by atoms with Crippen molar-refractivity contribution < 1.29 is 0 Å². The summed E-state index contributed by atoms with van der Waals surface area (Å²) in [6, 6.07) is 12.0. The molecule has 0 saturated carbocycles. The monoisotopic (exact) mass is 256 g/mol. The van der Waals surface area contributed by atoms with Crippen LogP contribution in [0.3, 0.4) is 0 Å². The lowest BCUT2D eigenvalue weighted by molar-refractivity contribution is 0.866. The van der Waals surface area contributed by atoms with E-state index in [1.807, 2.05) is 30.3 Å². The molecule has 5 heteroatoms. The highest BCUT2D eigenvalue weighted by atomic mass is 32.1. The first kappa shape index (κ1) is 11.1. The van der Waals surface area contributed by atoms with E-state index in [-0.39, 0.29) is 6.04 Å². The maximum atomic E-state index is 4.44. The number of fused-ring (bicyclic) bond motifs is 1. The number of thiophene rings is 1. The molecule has 0 radical (unpaired) electrons. The molecule has 4 nitrogen and oxygen atoms in total. The summed E-state index contributed by atoms with van der Waals surface area (Å²) in [5.74, 6) is 0.564. The van der Waals surface area contributed by atoms with Gasteiger partial charge in [-0.25, -0.2) is 4.98 Å². The minimum Gasteiger partial charge on any atom is -0.346 e. The molecule has 0 fully saturated rings. The van der Waals surface area contributed by atoms with Gasteiger partial charge < -0.3 is 5.32 Å². The fourth-order valence-electron chi connectivity index (χ4n) is 1.74. The molecule has 1 N–H and O–H groups in total. The number of hydrogen-bond donors (Lipinski definition) is 1. The number of nitrogens with one attached hydrogen (secondary N) is 1. The predicted octanol–water partition coefficient (Wildman–Crippen LogP) is 3.26. The molecule has 2 aromatic heterocycles. The van der Waals surface area contributed by atoms with Gasteiger partial charge in [-0.1, -0.05) is 18.2 Å². The van der Waals surface area contributed by atoms with E-state index in [2.05, 4.69) is 38.9 Å². The van der Waals surface area contributed by atoms with Crippen LogP contribution in [0.15, 0.2) is 41.8 Å². The van der Waals surface area contributed by atoms with Crippen LogP contribution in [0.2, 0.25) is 0 Å². The Balaban J connectivity index is 1.86. The van der Waals surface area contributed by atoms with E-state index in [0.717, 1.165) is 11.0 Å². The van der Waals surface area contributed by atoms with E-state index < -0.39 is 0 Å². The van der Waals surface area contributed by atoms with Crippen LogP contribution in [-0.2, 0) is 0 Å². The molecule has 0 saturated heterocycles. The molecule has 0 aliphatic rings. The molecule has 1 aromatic carbocycles. The second-order valence-electron chi connectivity index (χ2n) is 4.01. The molecule has 18 heavy (non-hydrogen) atoms. The third kappa shape index (κ3) is 2.17. The zero-order valence-electron chi connectivity index (χ0n) is 9.87. The summed E-state index contributed by atoms with van der Waals surface area (Å²) in [4.78, 5) is 5.70. The van der Waals surface area contributed by atoms with E-state index >= 15 is 0 Å². The number of anilines is 1. The summed E-state index contributed by atoms with van der Waals surface area (Å²) in [5, 5.41) is 13.6. The van der Waals surface area contributed by atoms with Crippen LogP contribution in [0.25, 0.3) is 11.0 Å². The van der Waals surface area contributed by atoms with Crippen LogP contribution in [-0.4, -0.2) is 15.2 Å². The van der Waals surface area contributed by atoms with Gasteiger partial charge in [-0.05, 0) is 30.5 Å². The van der Waals surface area contributed by atoms with Crippen molar-refractivity contribution in [3.63, 3.8) is 0 Å². The Morgan fingerprint density at radius 1 is 1.06 bits per heavy atom. The van der Waals surface area contributed by atoms with Gasteiger partial charge >= 0.3 is 0 Å². The minimum absolute atomic E-state index is 0.188. The molecule has 3 aromatic rings. The molecular formula is C13H12N4S. The van der Waals surface area contributed by atoms with Crippen molar-refractivity contribution in [2.24, 2.45) is 0 Å². The van der Waals surface area contributed by atoms with E-state index in [1.165, 1.54) is 4.88 Å². The van der Waals surface area contributed by atoms with Gasteiger partial charge in [0.2, 0.25) is 5.95 Å². The maximum Gasteiger partial charge on any atom is 0.243 e. The minimum atomic E-state index is 0.188. The highest BCUT2D eigenvalue weighted by Gasteiger charge is 2.08. The molecule has 1 atom stereocenters. The number of benzene rings is 1. The van der Waals surface area contributed by atoms with Crippen molar-refractivity contribution in [3.05, 3.63) is 46.7 Å². The molecule has 0 bridgehead atoms. The standard InChI is InChI=1S/C13H12N4S/c1-9(12-7-4-8-18-12)14-13-15-10-5-2-3-6-11(10)16-17-13/h2-9H,1H3,(H,14,15,17). The summed E-state index contributed by atoms with van der Waals surface area (Å²) in [6.45, 7) is 2.09. The normalized spacial score (nSPS) is 12.5. The lowest BCUT2D eigenvalue weighted by atomic mass is 10.3. The topological polar surface area (TPSA) is 50.7 Å². The lowest BCUT2D eigenvalue weighted by Crippen LogP contribution is -2.08. The van der Waals surface area contributed by atoms with Gasteiger partial charge in [0.1, 0.15) is 5.52 Å². The molecule has 0 amide bonds. The molecule has 3 rings (SSSR count). The third-order valence-corrected chi connectivity index (χ3v) is 3.73. The molecule has 0 aliphatic carbocycles. The van der Waals surface area contributed by atoms with Crippen molar-refractivity contribution in [2.45, 2.75) is 13.0 Å². The highest BCUT2D eigenvalue weighted by Crippen LogP contribution is 2.21. The lowest BCUT2D eigenvalue weighted by Gasteiger charge is -2.11. The average Bonchev–Trinajstić information content (AvgIpc) is 2.92. The Bertz CT molecular complexity index is 651. The summed E-state index contributed by atoms with van der Waals surface area (Å²) in [6.07, 6.45) is 0. The van der Waals surface area contributed by atoms with Gasteiger partial charge in [0, 0.05) is 4.88 Å². The van der Waals surface area contributed by atoms with Crippen LogP contribution < -0.4 is 5.32 Å².